The van der Waals surface area contributed by atoms with Crippen LogP contribution in [0.15, 0.2) is 22.2 Å². The van der Waals surface area contributed by atoms with Crippen LogP contribution in [-0.2, 0) is 28.3 Å². The SMILES string of the molecule is Cn1nnc(Br)c1S(=O)(=O)N[C@H](Cc1cnc[nH]1)C(=O)O. The molecule has 2 heterocycles. The number of aromatic nitrogens is 5. The normalized spacial score (nSPS) is 13.2. The van der Waals surface area contributed by atoms with Crippen LogP contribution in [0.5, 0.6) is 0 Å². The molecule has 0 bridgehead atoms. The number of aryl methyl sites for hydroxylation is 1. The highest BCUT2D eigenvalue weighted by Crippen LogP contribution is 2.18. The van der Waals surface area contributed by atoms with Crippen LogP contribution >= 0.6 is 15.9 Å². The van der Waals surface area contributed by atoms with Gasteiger partial charge < -0.3 is 10.1 Å². The third-order valence-corrected chi connectivity index (χ3v) is 4.92. The summed E-state index contributed by atoms with van der Waals surface area (Å²) in [5.74, 6) is -1.31. The molecule has 21 heavy (non-hydrogen) atoms. The molecule has 0 unspecified atom stereocenters. The fourth-order valence-corrected chi connectivity index (χ4v) is 3.93. The minimum Gasteiger partial charge on any atom is -0.480 e. The number of hydrogen-bond acceptors (Lipinski definition) is 6. The molecule has 2 rings (SSSR count). The highest BCUT2D eigenvalue weighted by atomic mass is 79.9. The number of aliphatic carboxylic acids is 1. The number of sulfonamides is 1. The van der Waals surface area contributed by atoms with Crippen LogP contribution in [0.3, 0.4) is 0 Å². The van der Waals surface area contributed by atoms with Crippen LogP contribution in [0.2, 0.25) is 0 Å². The predicted octanol–water partition coefficient (Wildman–Crippen LogP) is -0.725. The zero-order chi connectivity index (χ0) is 15.6. The second-order valence-corrected chi connectivity index (χ2v) is 6.48. The van der Waals surface area contributed by atoms with Gasteiger partial charge in [-0.15, -0.1) is 5.10 Å². The number of carboxylic acid groups (broad SMARTS) is 1. The van der Waals surface area contributed by atoms with Gasteiger partial charge in [-0.05, 0) is 15.9 Å². The summed E-state index contributed by atoms with van der Waals surface area (Å²) in [5.41, 5.74) is 0.493. The molecule has 1 atom stereocenters. The zero-order valence-electron chi connectivity index (χ0n) is 10.7. The lowest BCUT2D eigenvalue weighted by molar-refractivity contribution is -0.138. The van der Waals surface area contributed by atoms with Gasteiger partial charge >= 0.3 is 5.97 Å². The van der Waals surface area contributed by atoms with Crippen LogP contribution in [0.4, 0.5) is 0 Å². The van der Waals surface area contributed by atoms with E-state index in [4.69, 9.17) is 5.11 Å². The van der Waals surface area contributed by atoms with Gasteiger partial charge in [0.2, 0.25) is 5.03 Å². The number of H-pyrrole nitrogens is 1. The Morgan fingerprint density at radius 2 is 2.33 bits per heavy atom. The fraction of sp³-hybridized carbons (Fsp3) is 0.333. The van der Waals surface area contributed by atoms with Gasteiger partial charge in [0.25, 0.3) is 10.0 Å². The van der Waals surface area contributed by atoms with Crippen molar-refractivity contribution in [2.45, 2.75) is 17.5 Å². The Morgan fingerprint density at radius 3 is 2.81 bits per heavy atom. The van der Waals surface area contributed by atoms with Crippen LogP contribution in [0, 0.1) is 0 Å². The number of halogens is 1. The van der Waals surface area contributed by atoms with Crippen molar-refractivity contribution in [1.29, 1.82) is 0 Å². The molecule has 0 amide bonds. The van der Waals surface area contributed by atoms with E-state index in [9.17, 15) is 13.2 Å². The average Bonchev–Trinajstić information content (AvgIpc) is 2.98. The van der Waals surface area contributed by atoms with E-state index in [0.717, 1.165) is 4.68 Å². The molecule has 0 spiro atoms. The Kier molecular flexibility index (Phi) is 4.39. The Morgan fingerprint density at radius 1 is 1.62 bits per heavy atom. The van der Waals surface area contributed by atoms with E-state index >= 15 is 0 Å². The van der Waals surface area contributed by atoms with E-state index in [-0.39, 0.29) is 16.0 Å². The van der Waals surface area contributed by atoms with Gasteiger partial charge in [-0.1, -0.05) is 5.21 Å². The van der Waals surface area contributed by atoms with Gasteiger partial charge in [0.05, 0.1) is 6.33 Å². The average molecular weight is 379 g/mol. The monoisotopic (exact) mass is 378 g/mol. The van der Waals surface area contributed by atoms with Gasteiger partial charge in [-0.3, -0.25) is 4.79 Å². The predicted molar refractivity (Wildman–Crippen MR) is 72.7 cm³/mol. The summed E-state index contributed by atoms with van der Waals surface area (Å²) < 4.78 is 27.6. The molecule has 0 aliphatic carbocycles. The van der Waals surface area contributed by atoms with Gasteiger partial charge in [-0.25, -0.2) is 18.1 Å². The number of carboxylic acids is 1. The van der Waals surface area contributed by atoms with E-state index < -0.39 is 22.0 Å². The van der Waals surface area contributed by atoms with Crippen molar-refractivity contribution in [3.63, 3.8) is 0 Å². The topological polar surface area (TPSA) is 143 Å². The third-order valence-electron chi connectivity index (χ3n) is 2.57. The highest BCUT2D eigenvalue weighted by Gasteiger charge is 2.30. The van der Waals surface area contributed by atoms with Crippen molar-refractivity contribution in [2.24, 2.45) is 7.05 Å². The molecular weight excluding hydrogens is 368 g/mol. The molecule has 0 aromatic carbocycles. The number of nitrogens with zero attached hydrogens (tertiary/aromatic N) is 4. The van der Waals surface area contributed by atoms with Crippen molar-refractivity contribution < 1.29 is 18.3 Å². The van der Waals surface area contributed by atoms with E-state index in [1.54, 1.807) is 0 Å². The lowest BCUT2D eigenvalue weighted by Gasteiger charge is -2.13. The lowest BCUT2D eigenvalue weighted by atomic mass is 10.2. The van der Waals surface area contributed by atoms with E-state index in [0.29, 0.717) is 5.69 Å². The third kappa shape index (κ3) is 3.46. The summed E-state index contributed by atoms with van der Waals surface area (Å²) in [6.45, 7) is 0. The van der Waals surface area contributed by atoms with E-state index in [1.165, 1.54) is 19.6 Å². The first kappa shape index (κ1) is 15.6. The Hall–Kier alpha value is -1.79. The van der Waals surface area contributed by atoms with Gasteiger partial charge in [0, 0.05) is 25.4 Å². The largest absolute Gasteiger partial charge is 0.480 e. The van der Waals surface area contributed by atoms with Crippen molar-refractivity contribution in [1.82, 2.24) is 29.7 Å². The number of carbonyl (C=O) groups is 1. The molecule has 114 valence electrons. The van der Waals surface area contributed by atoms with E-state index in [1.807, 2.05) is 0 Å². The summed E-state index contributed by atoms with van der Waals surface area (Å²) in [4.78, 5) is 17.7. The Balaban J connectivity index is 2.26. The number of hydrogen-bond donors (Lipinski definition) is 3. The Labute approximate surface area is 127 Å². The molecule has 0 fully saturated rings. The molecule has 0 aliphatic heterocycles. The maximum atomic E-state index is 12.2. The van der Waals surface area contributed by atoms with Gasteiger partial charge in [-0.2, -0.15) is 4.72 Å². The van der Waals surface area contributed by atoms with Crippen molar-refractivity contribution in [3.8, 4) is 0 Å². The van der Waals surface area contributed by atoms with Crippen LogP contribution in [0.1, 0.15) is 5.69 Å². The first-order chi connectivity index (χ1) is 9.81. The highest BCUT2D eigenvalue weighted by molar-refractivity contribution is 9.10. The van der Waals surface area contributed by atoms with Crippen molar-refractivity contribution in [2.75, 3.05) is 0 Å². The summed E-state index contributed by atoms with van der Waals surface area (Å²) >= 11 is 2.96. The molecule has 2 aromatic rings. The minimum atomic E-state index is -4.10. The molecule has 2 aromatic heterocycles. The molecule has 0 radical (unpaired) electrons. The number of rotatable bonds is 6. The fourth-order valence-electron chi connectivity index (χ4n) is 1.65. The number of aromatic amines is 1. The smallest absolute Gasteiger partial charge is 0.322 e. The second-order valence-electron chi connectivity index (χ2n) is 4.10. The van der Waals surface area contributed by atoms with Gasteiger partial charge in [0.1, 0.15) is 6.04 Å². The number of imidazole rings is 1. The van der Waals surface area contributed by atoms with Gasteiger partial charge in [0.15, 0.2) is 4.60 Å². The quantitative estimate of drug-likeness (QED) is 0.601. The maximum absolute atomic E-state index is 12.2. The number of nitrogens with one attached hydrogen (secondary N) is 2. The van der Waals surface area contributed by atoms with Crippen LogP contribution < -0.4 is 4.72 Å². The first-order valence-electron chi connectivity index (χ1n) is 5.59. The molecule has 0 saturated heterocycles. The zero-order valence-corrected chi connectivity index (χ0v) is 13.1. The van der Waals surface area contributed by atoms with Crippen molar-refractivity contribution >= 4 is 31.9 Å². The minimum absolute atomic E-state index is 0.00294. The van der Waals surface area contributed by atoms with Crippen LogP contribution in [0.25, 0.3) is 0 Å². The molecule has 3 N–H and O–H groups in total. The van der Waals surface area contributed by atoms with Crippen LogP contribution in [-0.4, -0.2) is 50.5 Å². The lowest BCUT2D eigenvalue weighted by Crippen LogP contribution is -2.43. The first-order valence-corrected chi connectivity index (χ1v) is 7.86. The second kappa shape index (κ2) is 5.91. The van der Waals surface area contributed by atoms with E-state index in [2.05, 4.69) is 40.9 Å². The standard InChI is InChI=1S/C9H11BrN6O4S/c1-16-8(7(10)13-15-16)21(19,20)14-6(9(17)18)2-5-3-11-4-12-5/h3-4,6,14H,2H2,1H3,(H,11,12)(H,17,18)/t6-/m1/s1. The molecule has 0 aliphatic rings. The Bertz CT molecular complexity index is 721. The molecule has 10 nitrogen and oxygen atoms in total. The summed E-state index contributed by atoms with van der Waals surface area (Å²) in [6, 6.07) is -1.35. The summed E-state index contributed by atoms with van der Waals surface area (Å²) in [7, 11) is -2.71. The molecular formula is C9H11BrN6O4S. The molecule has 12 heteroatoms. The summed E-state index contributed by atoms with van der Waals surface area (Å²) in [5, 5.41) is 16.0. The summed E-state index contributed by atoms with van der Waals surface area (Å²) in [6.07, 6.45) is 2.73. The molecule has 0 saturated carbocycles. The van der Waals surface area contributed by atoms with Crippen molar-refractivity contribution in [3.05, 3.63) is 22.8 Å². The maximum Gasteiger partial charge on any atom is 0.322 e.